The minimum atomic E-state index is -0.228. The monoisotopic (exact) mass is 379 g/mol. The zero-order valence-corrected chi connectivity index (χ0v) is 16.0. The number of carbonyl (C=O) groups is 2. The van der Waals surface area contributed by atoms with E-state index in [2.05, 4.69) is 10.6 Å². The lowest BCUT2D eigenvalue weighted by atomic mass is 10.1. The van der Waals surface area contributed by atoms with Gasteiger partial charge in [0.2, 0.25) is 0 Å². The van der Waals surface area contributed by atoms with Gasteiger partial charge in [0.1, 0.15) is 0 Å². The largest absolute Gasteiger partial charge is 0.378 e. The number of carbonyl (C=O) groups excluding carboxylic acids is 2. The number of para-hydroxylation sites is 1. The van der Waals surface area contributed by atoms with Crippen molar-refractivity contribution in [1.29, 1.82) is 0 Å². The molecule has 0 saturated heterocycles. The van der Waals surface area contributed by atoms with Crippen LogP contribution in [0.1, 0.15) is 25.6 Å². The highest BCUT2D eigenvalue weighted by Crippen LogP contribution is 2.18. The van der Waals surface area contributed by atoms with E-state index in [0.717, 1.165) is 11.3 Å². The molecule has 3 rings (SSSR count). The summed E-state index contributed by atoms with van der Waals surface area (Å²) >= 11 is 1.36. The summed E-state index contributed by atoms with van der Waals surface area (Å²) in [4.78, 5) is 27.5. The van der Waals surface area contributed by atoms with Crippen LogP contribution in [-0.4, -0.2) is 25.9 Å². The highest BCUT2D eigenvalue weighted by molar-refractivity contribution is 7.12. The summed E-state index contributed by atoms with van der Waals surface area (Å²) in [5.74, 6) is -0.446. The van der Waals surface area contributed by atoms with Crippen LogP contribution in [0.2, 0.25) is 0 Å². The van der Waals surface area contributed by atoms with Crippen molar-refractivity contribution in [2.24, 2.45) is 0 Å². The number of rotatable bonds is 6. The molecule has 2 aromatic carbocycles. The van der Waals surface area contributed by atoms with Crippen LogP contribution in [0.4, 0.5) is 11.4 Å². The number of hydrogen-bond donors (Lipinski definition) is 2. The summed E-state index contributed by atoms with van der Waals surface area (Å²) in [6, 6.07) is 18.6. The molecule has 0 aliphatic heterocycles. The molecule has 5 nitrogen and oxygen atoms in total. The van der Waals surface area contributed by atoms with Gasteiger partial charge in [-0.1, -0.05) is 30.3 Å². The molecule has 2 N–H and O–H groups in total. The third-order valence-electron chi connectivity index (χ3n) is 4.07. The third kappa shape index (κ3) is 4.74. The van der Waals surface area contributed by atoms with Crippen LogP contribution in [-0.2, 0) is 6.54 Å². The van der Waals surface area contributed by atoms with Gasteiger partial charge in [0.05, 0.1) is 16.1 Å². The first kappa shape index (κ1) is 18.7. The van der Waals surface area contributed by atoms with Crippen molar-refractivity contribution >= 4 is 34.5 Å². The van der Waals surface area contributed by atoms with E-state index in [0.29, 0.717) is 22.7 Å². The van der Waals surface area contributed by atoms with E-state index < -0.39 is 0 Å². The molecule has 0 unspecified atom stereocenters. The van der Waals surface area contributed by atoms with Crippen LogP contribution in [0, 0.1) is 0 Å². The summed E-state index contributed by atoms with van der Waals surface area (Å²) in [6.07, 6.45) is 0. The molecular weight excluding hydrogens is 358 g/mol. The summed E-state index contributed by atoms with van der Waals surface area (Å²) in [7, 11) is 3.97. The van der Waals surface area contributed by atoms with Gasteiger partial charge in [-0.3, -0.25) is 9.59 Å². The molecular formula is C21H21N3O2S. The van der Waals surface area contributed by atoms with E-state index >= 15 is 0 Å². The maximum Gasteiger partial charge on any atom is 0.265 e. The van der Waals surface area contributed by atoms with E-state index in [1.54, 1.807) is 30.3 Å². The standard InChI is InChI=1S/C21H21N3O2S/c1-24(2)16-11-9-15(10-12-16)14-22-20(25)17-6-3-4-7-18(17)23-21(26)19-8-5-13-27-19/h3-13H,14H2,1-2H3,(H,22,25)(H,23,26). The summed E-state index contributed by atoms with van der Waals surface area (Å²) in [5.41, 5.74) is 3.05. The summed E-state index contributed by atoms with van der Waals surface area (Å²) in [6.45, 7) is 0.416. The lowest BCUT2D eigenvalue weighted by Crippen LogP contribution is -2.24. The topological polar surface area (TPSA) is 61.4 Å². The van der Waals surface area contributed by atoms with Gasteiger partial charge in [-0.25, -0.2) is 0 Å². The van der Waals surface area contributed by atoms with Crippen molar-refractivity contribution in [1.82, 2.24) is 5.32 Å². The molecule has 0 aliphatic rings. The Bertz CT molecular complexity index is 919. The minimum Gasteiger partial charge on any atom is -0.378 e. The van der Waals surface area contributed by atoms with Crippen molar-refractivity contribution in [2.45, 2.75) is 6.54 Å². The molecule has 0 aliphatic carbocycles. The molecule has 6 heteroatoms. The molecule has 0 atom stereocenters. The fourth-order valence-electron chi connectivity index (χ4n) is 2.57. The first-order valence-corrected chi connectivity index (χ1v) is 9.41. The smallest absolute Gasteiger partial charge is 0.265 e. The zero-order chi connectivity index (χ0) is 19.2. The fourth-order valence-corrected chi connectivity index (χ4v) is 3.19. The molecule has 0 spiro atoms. The number of nitrogens with one attached hydrogen (secondary N) is 2. The van der Waals surface area contributed by atoms with Gasteiger partial charge >= 0.3 is 0 Å². The molecule has 0 radical (unpaired) electrons. The normalized spacial score (nSPS) is 10.3. The number of nitrogens with zero attached hydrogens (tertiary/aromatic N) is 1. The van der Waals surface area contributed by atoms with Gasteiger partial charge in [0, 0.05) is 26.3 Å². The van der Waals surface area contributed by atoms with Crippen LogP contribution in [0.25, 0.3) is 0 Å². The fraction of sp³-hybridized carbons (Fsp3) is 0.143. The van der Waals surface area contributed by atoms with E-state index in [-0.39, 0.29) is 11.8 Å². The lowest BCUT2D eigenvalue weighted by molar-refractivity contribution is 0.0952. The van der Waals surface area contributed by atoms with Crippen molar-refractivity contribution in [3.05, 3.63) is 82.0 Å². The average molecular weight is 379 g/mol. The van der Waals surface area contributed by atoms with Crippen LogP contribution in [0.15, 0.2) is 66.0 Å². The summed E-state index contributed by atoms with van der Waals surface area (Å²) in [5, 5.41) is 7.57. The maximum atomic E-state index is 12.6. The lowest BCUT2D eigenvalue weighted by Gasteiger charge is -2.13. The van der Waals surface area contributed by atoms with Gasteiger partial charge < -0.3 is 15.5 Å². The van der Waals surface area contributed by atoms with Gasteiger partial charge in [-0.05, 0) is 41.3 Å². The third-order valence-corrected chi connectivity index (χ3v) is 4.94. The van der Waals surface area contributed by atoms with Crippen LogP contribution < -0.4 is 15.5 Å². The van der Waals surface area contributed by atoms with E-state index in [1.807, 2.05) is 54.7 Å². The second-order valence-corrected chi connectivity index (χ2v) is 7.17. The number of amides is 2. The minimum absolute atomic E-state index is 0.218. The second-order valence-electron chi connectivity index (χ2n) is 6.22. The first-order valence-electron chi connectivity index (χ1n) is 8.53. The van der Waals surface area contributed by atoms with Crippen LogP contribution in [0.5, 0.6) is 0 Å². The van der Waals surface area contributed by atoms with Crippen molar-refractivity contribution < 1.29 is 9.59 Å². The van der Waals surface area contributed by atoms with Crippen molar-refractivity contribution in [3.8, 4) is 0 Å². The van der Waals surface area contributed by atoms with E-state index in [1.165, 1.54) is 11.3 Å². The molecule has 0 saturated carbocycles. The van der Waals surface area contributed by atoms with Crippen LogP contribution >= 0.6 is 11.3 Å². The Morgan fingerprint density at radius 3 is 2.33 bits per heavy atom. The Labute approximate surface area is 162 Å². The molecule has 27 heavy (non-hydrogen) atoms. The van der Waals surface area contributed by atoms with Crippen molar-refractivity contribution in [3.63, 3.8) is 0 Å². The predicted octanol–water partition coefficient (Wildman–Crippen LogP) is 4.00. The van der Waals surface area contributed by atoms with Gasteiger partial charge in [0.15, 0.2) is 0 Å². The SMILES string of the molecule is CN(C)c1ccc(CNC(=O)c2ccccc2NC(=O)c2cccs2)cc1. The molecule has 0 fully saturated rings. The Morgan fingerprint density at radius 1 is 0.926 bits per heavy atom. The average Bonchev–Trinajstić information content (AvgIpc) is 3.22. The number of hydrogen-bond acceptors (Lipinski definition) is 4. The Balaban J connectivity index is 1.67. The van der Waals surface area contributed by atoms with E-state index in [4.69, 9.17) is 0 Å². The highest BCUT2D eigenvalue weighted by atomic mass is 32.1. The van der Waals surface area contributed by atoms with Crippen molar-refractivity contribution in [2.75, 3.05) is 24.3 Å². The number of benzene rings is 2. The Morgan fingerprint density at radius 2 is 1.67 bits per heavy atom. The van der Waals surface area contributed by atoms with Crippen LogP contribution in [0.3, 0.4) is 0 Å². The van der Waals surface area contributed by atoms with Gasteiger partial charge in [0.25, 0.3) is 11.8 Å². The quantitative estimate of drug-likeness (QED) is 0.681. The van der Waals surface area contributed by atoms with Gasteiger partial charge in [-0.15, -0.1) is 11.3 Å². The molecule has 138 valence electrons. The second kappa shape index (κ2) is 8.51. The molecule has 2 amide bonds. The maximum absolute atomic E-state index is 12.6. The number of anilines is 2. The molecule has 1 heterocycles. The zero-order valence-electron chi connectivity index (χ0n) is 15.2. The molecule has 3 aromatic rings. The molecule has 1 aromatic heterocycles. The summed E-state index contributed by atoms with van der Waals surface area (Å²) < 4.78 is 0. The predicted molar refractivity (Wildman–Crippen MR) is 111 cm³/mol. The van der Waals surface area contributed by atoms with Gasteiger partial charge in [-0.2, -0.15) is 0 Å². The van der Waals surface area contributed by atoms with E-state index in [9.17, 15) is 9.59 Å². The number of thiophene rings is 1. The Hall–Kier alpha value is -3.12. The molecule has 0 bridgehead atoms. The highest BCUT2D eigenvalue weighted by Gasteiger charge is 2.14. The first-order chi connectivity index (χ1) is 13.0. The Kier molecular flexibility index (Phi) is 5.88.